The lowest BCUT2D eigenvalue weighted by molar-refractivity contribution is 0.108. The minimum absolute atomic E-state index is 0.145. The van der Waals surface area contributed by atoms with Gasteiger partial charge in [-0.25, -0.2) is 4.79 Å². The van der Waals surface area contributed by atoms with Gasteiger partial charge in [0, 0.05) is 45.2 Å². The Hall–Kier alpha value is -1.31. The summed E-state index contributed by atoms with van der Waals surface area (Å²) in [6.45, 7) is 7.96. The third-order valence-electron chi connectivity index (χ3n) is 2.57. The molecule has 0 aliphatic heterocycles. The van der Waals surface area contributed by atoms with Crippen molar-refractivity contribution in [1.29, 1.82) is 0 Å². The van der Waals surface area contributed by atoms with Gasteiger partial charge in [-0.3, -0.25) is 13.7 Å². The van der Waals surface area contributed by atoms with Crippen LogP contribution in [0.5, 0.6) is 0 Å². The van der Waals surface area contributed by atoms with Crippen LogP contribution in [-0.2, 0) is 13.0 Å². The van der Waals surface area contributed by atoms with Crippen molar-refractivity contribution in [3.05, 3.63) is 32.1 Å². The summed E-state index contributed by atoms with van der Waals surface area (Å²) in [6.07, 6.45) is 0.724. The van der Waals surface area contributed by atoms with E-state index in [1.807, 2.05) is 20.5 Å². The van der Waals surface area contributed by atoms with E-state index in [0.29, 0.717) is 20.8 Å². The van der Waals surface area contributed by atoms with Crippen LogP contribution in [0.4, 0.5) is 27.4 Å². The van der Waals surface area contributed by atoms with E-state index >= 15 is 0 Å². The van der Waals surface area contributed by atoms with Crippen LogP contribution in [0.25, 0.3) is 0 Å². The molecule has 0 aromatic carbocycles. The Morgan fingerprint density at radius 1 is 1.00 bits per heavy atom. The minimum Gasteiger partial charge on any atom is -0.279 e. The Balaban J connectivity index is -0.000000478. The van der Waals surface area contributed by atoms with Crippen molar-refractivity contribution in [3.63, 3.8) is 0 Å². The number of rotatable bonds is 3. The number of nitrogens with zero attached hydrogens (tertiary/aromatic N) is 2. The first kappa shape index (κ1) is 24.7. The Morgan fingerprint density at radius 2 is 1.43 bits per heavy atom. The average molecular weight is 342 g/mol. The van der Waals surface area contributed by atoms with Gasteiger partial charge in [0.15, 0.2) is 0 Å². The predicted octanol–water partition coefficient (Wildman–Crippen LogP) is 3.49. The highest BCUT2D eigenvalue weighted by molar-refractivity contribution is 7.35. The van der Waals surface area contributed by atoms with Crippen LogP contribution in [-0.4, -0.2) is 15.6 Å². The predicted molar refractivity (Wildman–Crippen MR) is 71.0 cm³/mol. The van der Waals surface area contributed by atoms with Gasteiger partial charge in [0.25, 0.3) is 5.56 Å². The molecule has 21 heavy (non-hydrogen) atoms. The molecule has 1 aromatic rings. The largest absolute Gasteiger partial charge is 0.334 e. The first-order valence-electron chi connectivity index (χ1n) is 5.54. The Bertz CT molecular complexity index is 492. The highest BCUT2D eigenvalue weighted by atomic mass is 31.1. The van der Waals surface area contributed by atoms with Crippen LogP contribution in [0.1, 0.15) is 25.1 Å². The quantitative estimate of drug-likeness (QED) is 0.623. The molecule has 1 atom stereocenters. The summed E-state index contributed by atoms with van der Waals surface area (Å²) in [4.78, 5) is 23.7. The maximum atomic E-state index is 11.9. The molecule has 1 heterocycles. The molecule has 0 bridgehead atoms. The van der Waals surface area contributed by atoms with Gasteiger partial charge in [0.1, 0.15) is 0 Å². The van der Waals surface area contributed by atoms with E-state index in [1.54, 1.807) is 11.3 Å². The normalized spacial score (nSPS) is 9.05. The van der Waals surface area contributed by atoms with Crippen LogP contribution in [0, 0.1) is 6.92 Å². The molecular formula is C10H17F6N2O2P. The average Bonchev–Trinajstić information content (AvgIpc) is 2.56. The first-order valence-corrected chi connectivity index (χ1v) is 6.99. The molecule has 1 aromatic heterocycles. The second kappa shape index (κ2) is 15.1. The van der Waals surface area contributed by atoms with Crippen molar-refractivity contribution in [3.8, 4) is 0 Å². The van der Waals surface area contributed by atoms with E-state index in [-0.39, 0.29) is 11.2 Å². The fourth-order valence-electron chi connectivity index (χ4n) is 1.75. The van der Waals surface area contributed by atoms with Crippen LogP contribution in [0.2, 0.25) is 0 Å². The molecule has 0 saturated heterocycles. The van der Waals surface area contributed by atoms with Crippen molar-refractivity contribution in [1.82, 2.24) is 8.90 Å². The smallest absolute Gasteiger partial charge is 0.279 e. The highest BCUT2D eigenvalue weighted by Gasteiger charge is 2.12. The fourth-order valence-corrected chi connectivity index (χ4v) is 2.66. The molecule has 1 rings (SSSR count). The maximum Gasteiger partial charge on any atom is 0.334 e. The van der Waals surface area contributed by atoms with Gasteiger partial charge in [0.2, 0.25) is 0 Å². The molecule has 11 heteroatoms. The molecule has 4 nitrogen and oxygen atoms in total. The molecule has 0 saturated carbocycles. The summed E-state index contributed by atoms with van der Waals surface area (Å²) in [6, 6.07) is 0. The van der Waals surface area contributed by atoms with Gasteiger partial charge in [-0.2, -0.15) is 0 Å². The van der Waals surface area contributed by atoms with Crippen LogP contribution < -0.4 is 11.2 Å². The van der Waals surface area contributed by atoms with Gasteiger partial charge in [-0.05, 0) is 35.7 Å². The standard InChI is InChI=1S/C10H17N2O2P.3F2/c1-5-8-7(3)9(13)11(6-2)10(14)12(8)15-4;3*1-2/h15H,5-6H2,1-4H3;;;. The summed E-state index contributed by atoms with van der Waals surface area (Å²) in [7, 11) is 0.371. The van der Waals surface area contributed by atoms with Crippen LogP contribution in [0.3, 0.4) is 0 Å². The second-order valence-electron chi connectivity index (χ2n) is 3.32. The van der Waals surface area contributed by atoms with E-state index in [0.717, 1.165) is 12.1 Å². The van der Waals surface area contributed by atoms with Crippen LogP contribution >= 0.6 is 8.73 Å². The van der Waals surface area contributed by atoms with E-state index in [2.05, 4.69) is 0 Å². The van der Waals surface area contributed by atoms with Gasteiger partial charge in [-0.1, -0.05) is 6.92 Å². The number of aromatic nitrogens is 2. The second-order valence-corrected chi connectivity index (χ2v) is 4.21. The SMILES string of the molecule is CCc1c(C)c(=O)n(CC)c(=O)n1PC.FF.FF.FF. The molecule has 0 aliphatic rings. The first-order chi connectivity index (χ1) is 10.1. The summed E-state index contributed by atoms with van der Waals surface area (Å²) < 4.78 is 51.0. The minimum atomic E-state index is -0.175. The summed E-state index contributed by atoms with van der Waals surface area (Å²) in [5.74, 6) is 0. The molecule has 126 valence electrons. The van der Waals surface area contributed by atoms with Gasteiger partial charge >= 0.3 is 5.69 Å². The van der Waals surface area contributed by atoms with Crippen molar-refractivity contribution in [2.45, 2.75) is 33.7 Å². The number of halogens is 6. The molecule has 0 N–H and O–H groups in total. The van der Waals surface area contributed by atoms with Crippen molar-refractivity contribution >= 4 is 8.73 Å². The molecular weight excluding hydrogens is 325 g/mol. The van der Waals surface area contributed by atoms with Crippen molar-refractivity contribution in [2.24, 2.45) is 0 Å². The van der Waals surface area contributed by atoms with Crippen molar-refractivity contribution < 1.29 is 27.4 Å². The van der Waals surface area contributed by atoms with E-state index in [4.69, 9.17) is 27.4 Å². The van der Waals surface area contributed by atoms with Gasteiger partial charge in [0.05, 0.1) is 0 Å². The topological polar surface area (TPSA) is 44.0 Å². The zero-order valence-corrected chi connectivity index (χ0v) is 12.9. The van der Waals surface area contributed by atoms with E-state index in [1.165, 1.54) is 4.57 Å². The molecule has 0 spiro atoms. The summed E-state index contributed by atoms with van der Waals surface area (Å²) in [5.41, 5.74) is 1.25. The molecule has 0 radical (unpaired) electrons. The third-order valence-corrected chi connectivity index (χ3v) is 3.47. The molecule has 0 amide bonds. The van der Waals surface area contributed by atoms with Gasteiger partial charge < -0.3 is 0 Å². The lowest BCUT2D eigenvalue weighted by Crippen LogP contribution is -2.40. The zero-order valence-electron chi connectivity index (χ0n) is 11.9. The number of hydrogen-bond acceptors (Lipinski definition) is 2. The monoisotopic (exact) mass is 342 g/mol. The molecule has 0 aliphatic carbocycles. The summed E-state index contributed by atoms with van der Waals surface area (Å²) in [5, 5.41) is 0. The highest BCUT2D eigenvalue weighted by Crippen LogP contribution is 2.11. The lowest BCUT2D eigenvalue weighted by Gasteiger charge is -2.14. The zero-order chi connectivity index (χ0) is 17.6. The fraction of sp³-hybridized carbons (Fsp3) is 0.600. The summed E-state index contributed by atoms with van der Waals surface area (Å²) >= 11 is 0. The molecule has 1 unspecified atom stereocenters. The Morgan fingerprint density at radius 3 is 1.71 bits per heavy atom. The third kappa shape index (κ3) is 6.33. The van der Waals surface area contributed by atoms with E-state index in [9.17, 15) is 9.59 Å². The van der Waals surface area contributed by atoms with Crippen LogP contribution in [0.15, 0.2) is 9.59 Å². The van der Waals surface area contributed by atoms with Crippen molar-refractivity contribution in [2.75, 3.05) is 6.66 Å². The van der Waals surface area contributed by atoms with E-state index < -0.39 is 0 Å². The maximum absolute atomic E-state index is 11.9. The van der Waals surface area contributed by atoms with Gasteiger partial charge in [-0.15, -0.1) is 0 Å². The Labute approximate surface area is 118 Å². The lowest BCUT2D eigenvalue weighted by atomic mass is 10.2. The number of hydrogen-bond donors (Lipinski definition) is 0. The Kier molecular flexibility index (Phi) is 17.7. The molecule has 0 fully saturated rings.